The van der Waals surface area contributed by atoms with Crippen molar-refractivity contribution in [1.82, 2.24) is 19.9 Å². The second kappa shape index (κ2) is 9.09. The molecule has 4 aromatic rings. The number of aromatic nitrogens is 3. The molecule has 0 fully saturated rings. The Hall–Kier alpha value is -4.24. The van der Waals surface area contributed by atoms with E-state index in [1.165, 1.54) is 12.0 Å². The molecule has 0 aliphatic carbocycles. The molecule has 2 aromatic carbocycles. The van der Waals surface area contributed by atoms with Crippen molar-refractivity contribution in [2.75, 3.05) is 23.4 Å². The number of hydrogen-bond donors (Lipinski definition) is 2. The lowest BCUT2D eigenvalue weighted by Gasteiger charge is -2.33. The largest absolute Gasteiger partial charge is 0.444 e. The average molecular weight is 483 g/mol. The number of amides is 1. The van der Waals surface area contributed by atoms with Gasteiger partial charge in [0.1, 0.15) is 5.82 Å². The Labute approximate surface area is 208 Å². The third kappa shape index (κ3) is 3.97. The Balaban J connectivity index is 1.40. The van der Waals surface area contributed by atoms with Crippen LogP contribution < -0.4 is 10.2 Å². The Morgan fingerprint density at radius 2 is 2.00 bits per heavy atom. The zero-order chi connectivity index (χ0) is 24.6. The van der Waals surface area contributed by atoms with Crippen LogP contribution in [0.5, 0.6) is 0 Å². The first-order valence-corrected chi connectivity index (χ1v) is 12.0. The van der Waals surface area contributed by atoms with Crippen molar-refractivity contribution in [1.29, 1.82) is 0 Å². The number of hydrogen-bond acceptors (Lipinski definition) is 8. The van der Waals surface area contributed by atoms with Gasteiger partial charge in [0.2, 0.25) is 11.9 Å². The highest BCUT2D eigenvalue weighted by atomic mass is 16.3. The van der Waals surface area contributed by atoms with E-state index in [0.717, 1.165) is 40.4 Å². The number of para-hydroxylation sites is 1. The van der Waals surface area contributed by atoms with Crippen LogP contribution in [0, 0.1) is 0 Å². The molecule has 2 aliphatic rings. The minimum atomic E-state index is -0.136. The van der Waals surface area contributed by atoms with Gasteiger partial charge >= 0.3 is 0 Å². The molecule has 0 spiro atoms. The van der Waals surface area contributed by atoms with Gasteiger partial charge in [0, 0.05) is 42.4 Å². The highest BCUT2D eigenvalue weighted by Gasteiger charge is 2.35. The van der Waals surface area contributed by atoms with Gasteiger partial charge in [-0.1, -0.05) is 18.2 Å². The van der Waals surface area contributed by atoms with Gasteiger partial charge in [-0.15, -0.1) is 0 Å². The number of nitrogens with zero attached hydrogens (tertiary/aromatic N) is 5. The normalized spacial score (nSPS) is 16.6. The summed E-state index contributed by atoms with van der Waals surface area (Å²) in [4.78, 5) is 29.9. The number of carbonyl (C=O) groups is 1. The van der Waals surface area contributed by atoms with Crippen LogP contribution in [0.1, 0.15) is 23.7 Å². The molecular formula is C27H26N6O3. The lowest BCUT2D eigenvalue weighted by atomic mass is 10.0. The molecule has 0 radical (unpaired) electrons. The first-order chi connectivity index (χ1) is 17.6. The first kappa shape index (κ1) is 22.2. The van der Waals surface area contributed by atoms with Crippen LogP contribution in [0.2, 0.25) is 0 Å². The molecule has 2 aliphatic heterocycles. The summed E-state index contributed by atoms with van der Waals surface area (Å²) in [5.41, 5.74) is 5.80. The quantitative estimate of drug-likeness (QED) is 0.442. The number of rotatable bonds is 5. The van der Waals surface area contributed by atoms with Crippen LogP contribution in [-0.4, -0.2) is 50.1 Å². The Kier molecular flexibility index (Phi) is 5.61. The summed E-state index contributed by atoms with van der Waals surface area (Å²) in [5, 5.41) is 13.6. The number of carbonyl (C=O) groups excluding carboxylic acids is 1. The molecule has 0 unspecified atom stereocenters. The molecule has 182 valence electrons. The molecule has 36 heavy (non-hydrogen) atoms. The topological polar surface area (TPSA) is 108 Å². The van der Waals surface area contributed by atoms with Crippen LogP contribution in [0.25, 0.3) is 11.3 Å². The number of benzene rings is 2. The maximum absolute atomic E-state index is 12.2. The molecule has 1 atom stereocenters. The summed E-state index contributed by atoms with van der Waals surface area (Å²) < 4.78 is 5.38. The summed E-state index contributed by atoms with van der Waals surface area (Å²) in [6.07, 6.45) is 4.46. The number of anilines is 4. The predicted molar refractivity (Wildman–Crippen MR) is 135 cm³/mol. The average Bonchev–Trinajstić information content (AvgIpc) is 3.56. The molecule has 0 saturated heterocycles. The van der Waals surface area contributed by atoms with Gasteiger partial charge in [-0.05, 0) is 42.3 Å². The highest BCUT2D eigenvalue weighted by Crippen LogP contribution is 2.41. The van der Waals surface area contributed by atoms with E-state index in [-0.39, 0.29) is 18.6 Å². The maximum atomic E-state index is 12.2. The number of nitrogens with one attached hydrogen (secondary N) is 1. The van der Waals surface area contributed by atoms with E-state index < -0.39 is 0 Å². The van der Waals surface area contributed by atoms with E-state index in [1.54, 1.807) is 13.1 Å². The van der Waals surface area contributed by atoms with Crippen molar-refractivity contribution in [3.63, 3.8) is 0 Å². The predicted octanol–water partition coefficient (Wildman–Crippen LogP) is 3.83. The van der Waals surface area contributed by atoms with Crippen molar-refractivity contribution in [3.05, 3.63) is 77.9 Å². The lowest BCUT2D eigenvalue weighted by Crippen LogP contribution is -2.38. The van der Waals surface area contributed by atoms with Crippen molar-refractivity contribution in [2.45, 2.75) is 32.4 Å². The van der Waals surface area contributed by atoms with E-state index in [4.69, 9.17) is 14.4 Å². The SMILES string of the molecule is CC(=O)N1CCc2nc(Nc3ccc(-c4cnco4)cc3)nc(N3c4ccccc4C[C@@H]3CO)c2C1. The molecular weight excluding hydrogens is 456 g/mol. The van der Waals surface area contributed by atoms with Gasteiger partial charge in [-0.2, -0.15) is 4.98 Å². The van der Waals surface area contributed by atoms with Gasteiger partial charge in [-0.25, -0.2) is 9.97 Å². The van der Waals surface area contributed by atoms with Gasteiger partial charge in [0.15, 0.2) is 12.2 Å². The van der Waals surface area contributed by atoms with Gasteiger partial charge in [0.25, 0.3) is 0 Å². The minimum absolute atomic E-state index is 0.00423. The second-order valence-electron chi connectivity index (χ2n) is 9.09. The summed E-state index contributed by atoms with van der Waals surface area (Å²) in [6, 6.07) is 15.8. The summed E-state index contributed by atoms with van der Waals surface area (Å²) in [5.74, 6) is 1.94. The van der Waals surface area contributed by atoms with E-state index >= 15 is 0 Å². The molecule has 9 nitrogen and oxygen atoms in total. The lowest BCUT2D eigenvalue weighted by molar-refractivity contribution is -0.129. The maximum Gasteiger partial charge on any atom is 0.229 e. The Bertz CT molecular complexity index is 1400. The summed E-state index contributed by atoms with van der Waals surface area (Å²) in [6.45, 7) is 2.65. The number of oxazole rings is 1. The van der Waals surface area contributed by atoms with E-state index in [0.29, 0.717) is 31.2 Å². The van der Waals surface area contributed by atoms with Crippen molar-refractivity contribution in [2.24, 2.45) is 0 Å². The van der Waals surface area contributed by atoms with Gasteiger partial charge in [-0.3, -0.25) is 4.79 Å². The monoisotopic (exact) mass is 482 g/mol. The third-order valence-electron chi connectivity index (χ3n) is 6.85. The molecule has 2 N–H and O–H groups in total. The molecule has 0 bridgehead atoms. The molecule has 9 heteroatoms. The second-order valence-corrected chi connectivity index (χ2v) is 9.09. The fourth-order valence-corrected chi connectivity index (χ4v) is 5.02. The van der Waals surface area contributed by atoms with Crippen LogP contribution in [0.4, 0.5) is 23.1 Å². The molecule has 2 aromatic heterocycles. The zero-order valence-electron chi connectivity index (χ0n) is 19.9. The van der Waals surface area contributed by atoms with Crippen LogP contribution in [0.15, 0.2) is 65.5 Å². The first-order valence-electron chi connectivity index (χ1n) is 12.0. The summed E-state index contributed by atoms with van der Waals surface area (Å²) in [7, 11) is 0. The number of aliphatic hydroxyl groups excluding tert-OH is 1. The Morgan fingerprint density at radius 1 is 1.17 bits per heavy atom. The van der Waals surface area contributed by atoms with E-state index in [2.05, 4.69) is 27.3 Å². The van der Waals surface area contributed by atoms with Gasteiger partial charge in [0.05, 0.1) is 31.1 Å². The van der Waals surface area contributed by atoms with E-state index in [1.807, 2.05) is 41.3 Å². The smallest absolute Gasteiger partial charge is 0.229 e. The molecule has 1 amide bonds. The Morgan fingerprint density at radius 3 is 2.75 bits per heavy atom. The van der Waals surface area contributed by atoms with Crippen molar-refractivity contribution in [3.8, 4) is 11.3 Å². The van der Waals surface area contributed by atoms with Crippen LogP contribution >= 0.6 is 0 Å². The van der Waals surface area contributed by atoms with Crippen molar-refractivity contribution < 1.29 is 14.3 Å². The number of fused-ring (bicyclic) bond motifs is 2. The van der Waals surface area contributed by atoms with E-state index in [9.17, 15) is 9.90 Å². The molecule has 4 heterocycles. The zero-order valence-corrected chi connectivity index (χ0v) is 19.9. The van der Waals surface area contributed by atoms with Gasteiger partial charge < -0.3 is 24.6 Å². The standard InChI is InChI=1S/C27H26N6O3/c1-17(35)32-11-10-23-22(14-32)26(33-21(15-34)12-19-4-2-3-5-24(19)33)31-27(30-23)29-20-8-6-18(7-9-20)25-13-28-16-36-25/h2-9,13,16,21,34H,10-12,14-15H2,1H3,(H,29,30,31)/t21-/m1/s1. The van der Waals surface area contributed by atoms with Crippen LogP contribution in [0.3, 0.4) is 0 Å². The summed E-state index contributed by atoms with van der Waals surface area (Å²) >= 11 is 0. The highest BCUT2D eigenvalue weighted by molar-refractivity contribution is 5.76. The fourth-order valence-electron chi connectivity index (χ4n) is 5.02. The molecule has 0 saturated carbocycles. The third-order valence-corrected chi connectivity index (χ3v) is 6.85. The molecule has 6 rings (SSSR count). The number of aliphatic hydroxyl groups is 1. The van der Waals surface area contributed by atoms with Crippen LogP contribution in [-0.2, 0) is 24.2 Å². The minimum Gasteiger partial charge on any atom is -0.444 e. The van der Waals surface area contributed by atoms with Crippen molar-refractivity contribution >= 4 is 29.0 Å². The fraction of sp³-hybridized carbons (Fsp3) is 0.259.